The number of ether oxygens (including phenoxy) is 1. The SMILES string of the molecule is COC(=O)N1CC(N)(CC(=O)O)C1. The van der Waals surface area contributed by atoms with Crippen LogP contribution in [0, 0.1) is 0 Å². The number of carbonyl (C=O) groups is 2. The Hall–Kier alpha value is -1.30. The van der Waals surface area contributed by atoms with E-state index in [4.69, 9.17) is 10.8 Å². The molecule has 6 heteroatoms. The standard InChI is InChI=1S/C7H12N2O4/c1-13-6(12)9-3-7(8,4-9)2-5(10)11/h2-4,8H2,1H3,(H,10,11). The minimum atomic E-state index is -0.952. The van der Waals surface area contributed by atoms with E-state index in [9.17, 15) is 9.59 Å². The summed E-state index contributed by atoms with van der Waals surface area (Å²) in [6.45, 7) is 0.484. The normalized spacial score (nSPS) is 19.1. The first-order chi connectivity index (χ1) is 5.97. The summed E-state index contributed by atoms with van der Waals surface area (Å²) in [5.41, 5.74) is 4.88. The van der Waals surface area contributed by atoms with E-state index in [-0.39, 0.29) is 19.5 Å². The molecule has 0 spiro atoms. The molecule has 1 saturated heterocycles. The van der Waals surface area contributed by atoms with Crippen LogP contribution < -0.4 is 5.73 Å². The largest absolute Gasteiger partial charge is 0.481 e. The van der Waals surface area contributed by atoms with Crippen LogP contribution in [0.5, 0.6) is 0 Å². The molecular formula is C7H12N2O4. The second-order valence-electron chi connectivity index (χ2n) is 3.26. The van der Waals surface area contributed by atoms with Gasteiger partial charge in [-0.15, -0.1) is 0 Å². The lowest BCUT2D eigenvalue weighted by Gasteiger charge is -2.45. The van der Waals surface area contributed by atoms with Crippen LogP contribution in [0.3, 0.4) is 0 Å². The zero-order valence-corrected chi connectivity index (χ0v) is 7.32. The zero-order valence-electron chi connectivity index (χ0n) is 7.32. The van der Waals surface area contributed by atoms with Crippen molar-refractivity contribution in [1.82, 2.24) is 4.90 Å². The fourth-order valence-electron chi connectivity index (χ4n) is 1.39. The highest BCUT2D eigenvalue weighted by molar-refractivity contribution is 5.72. The van der Waals surface area contributed by atoms with Crippen molar-refractivity contribution in [2.75, 3.05) is 20.2 Å². The Morgan fingerprint density at radius 1 is 1.62 bits per heavy atom. The molecule has 6 nitrogen and oxygen atoms in total. The van der Waals surface area contributed by atoms with Crippen LogP contribution in [0.15, 0.2) is 0 Å². The number of hydrogen-bond acceptors (Lipinski definition) is 4. The van der Waals surface area contributed by atoms with E-state index in [0.717, 1.165) is 0 Å². The van der Waals surface area contributed by atoms with Crippen molar-refractivity contribution in [2.45, 2.75) is 12.0 Å². The molecule has 0 radical (unpaired) electrons. The Bertz CT molecular complexity index is 235. The molecule has 1 aliphatic heterocycles. The van der Waals surface area contributed by atoms with Gasteiger partial charge in [0.15, 0.2) is 0 Å². The van der Waals surface area contributed by atoms with E-state index >= 15 is 0 Å². The summed E-state index contributed by atoms with van der Waals surface area (Å²) < 4.78 is 4.44. The maximum absolute atomic E-state index is 10.9. The molecule has 13 heavy (non-hydrogen) atoms. The van der Waals surface area contributed by atoms with Gasteiger partial charge in [0.25, 0.3) is 0 Å². The third kappa shape index (κ3) is 2.09. The van der Waals surface area contributed by atoms with Gasteiger partial charge in [0.2, 0.25) is 0 Å². The predicted octanol–water partition coefficient (Wildman–Crippen LogP) is -0.759. The molecule has 74 valence electrons. The highest BCUT2D eigenvalue weighted by Gasteiger charge is 2.43. The molecule has 1 aliphatic rings. The van der Waals surface area contributed by atoms with Crippen molar-refractivity contribution in [2.24, 2.45) is 5.73 Å². The highest BCUT2D eigenvalue weighted by Crippen LogP contribution is 2.22. The second kappa shape index (κ2) is 3.21. The van der Waals surface area contributed by atoms with Crippen molar-refractivity contribution in [3.63, 3.8) is 0 Å². The van der Waals surface area contributed by atoms with Crippen molar-refractivity contribution < 1.29 is 19.4 Å². The quantitative estimate of drug-likeness (QED) is 0.594. The number of amides is 1. The summed E-state index contributed by atoms with van der Waals surface area (Å²) >= 11 is 0. The maximum atomic E-state index is 10.9. The van der Waals surface area contributed by atoms with Gasteiger partial charge in [-0.1, -0.05) is 0 Å². The molecular weight excluding hydrogens is 176 g/mol. The molecule has 1 heterocycles. The molecule has 0 unspecified atom stereocenters. The number of carboxylic acids is 1. The van der Waals surface area contributed by atoms with Crippen molar-refractivity contribution in [3.8, 4) is 0 Å². The Balaban J connectivity index is 2.38. The van der Waals surface area contributed by atoms with Crippen LogP contribution in [-0.2, 0) is 9.53 Å². The first kappa shape index (κ1) is 9.79. The van der Waals surface area contributed by atoms with Crippen LogP contribution in [0.25, 0.3) is 0 Å². The second-order valence-corrected chi connectivity index (χ2v) is 3.26. The first-order valence-corrected chi connectivity index (χ1v) is 3.80. The third-order valence-electron chi connectivity index (χ3n) is 1.95. The number of rotatable bonds is 2. The molecule has 0 aromatic heterocycles. The van der Waals surface area contributed by atoms with Crippen molar-refractivity contribution in [3.05, 3.63) is 0 Å². The van der Waals surface area contributed by atoms with Gasteiger partial charge in [-0.05, 0) is 0 Å². The smallest absolute Gasteiger partial charge is 0.409 e. The lowest BCUT2D eigenvalue weighted by molar-refractivity contribution is -0.139. The van der Waals surface area contributed by atoms with Crippen LogP contribution in [0.4, 0.5) is 4.79 Å². The van der Waals surface area contributed by atoms with E-state index in [2.05, 4.69) is 4.74 Å². The summed E-state index contributed by atoms with van der Waals surface area (Å²) in [4.78, 5) is 22.6. The van der Waals surface area contributed by atoms with Crippen LogP contribution in [0.2, 0.25) is 0 Å². The van der Waals surface area contributed by atoms with Gasteiger partial charge in [-0.3, -0.25) is 4.79 Å². The number of methoxy groups -OCH3 is 1. The van der Waals surface area contributed by atoms with E-state index in [0.29, 0.717) is 0 Å². The molecule has 0 aromatic carbocycles. The minimum absolute atomic E-state index is 0.125. The molecule has 1 amide bonds. The Labute approximate surface area is 75.3 Å². The van der Waals surface area contributed by atoms with Crippen LogP contribution in [0.1, 0.15) is 6.42 Å². The lowest BCUT2D eigenvalue weighted by atomic mass is 9.88. The Morgan fingerprint density at radius 2 is 2.15 bits per heavy atom. The van der Waals surface area contributed by atoms with Gasteiger partial charge in [0, 0.05) is 13.1 Å². The predicted molar refractivity (Wildman–Crippen MR) is 43.1 cm³/mol. The fourth-order valence-corrected chi connectivity index (χ4v) is 1.39. The molecule has 1 rings (SSSR count). The van der Waals surface area contributed by atoms with Crippen molar-refractivity contribution in [1.29, 1.82) is 0 Å². The molecule has 0 aromatic rings. The van der Waals surface area contributed by atoms with Crippen LogP contribution in [-0.4, -0.2) is 47.8 Å². The van der Waals surface area contributed by atoms with Gasteiger partial charge < -0.3 is 20.5 Å². The fraction of sp³-hybridized carbons (Fsp3) is 0.714. The number of nitrogens with two attached hydrogens (primary N) is 1. The molecule has 3 N–H and O–H groups in total. The number of likely N-dealkylation sites (tertiary alicyclic amines) is 1. The Morgan fingerprint density at radius 3 is 2.54 bits per heavy atom. The van der Waals surface area contributed by atoms with E-state index in [1.54, 1.807) is 0 Å². The summed E-state index contributed by atoms with van der Waals surface area (Å²) in [7, 11) is 1.27. The minimum Gasteiger partial charge on any atom is -0.481 e. The van der Waals surface area contributed by atoms with Crippen LogP contribution >= 0.6 is 0 Å². The van der Waals surface area contributed by atoms with Gasteiger partial charge in [-0.25, -0.2) is 4.79 Å². The summed E-state index contributed by atoms with van der Waals surface area (Å²) in [6.07, 6.45) is -0.591. The average molecular weight is 188 g/mol. The topological polar surface area (TPSA) is 92.9 Å². The van der Waals surface area contributed by atoms with Gasteiger partial charge in [-0.2, -0.15) is 0 Å². The highest BCUT2D eigenvalue weighted by atomic mass is 16.5. The number of carbonyl (C=O) groups excluding carboxylic acids is 1. The monoisotopic (exact) mass is 188 g/mol. The summed E-state index contributed by atoms with van der Waals surface area (Å²) in [5, 5.41) is 8.48. The molecule has 1 fully saturated rings. The summed E-state index contributed by atoms with van der Waals surface area (Å²) in [6, 6.07) is 0. The van der Waals surface area contributed by atoms with Gasteiger partial charge in [0.1, 0.15) is 0 Å². The van der Waals surface area contributed by atoms with E-state index in [1.165, 1.54) is 12.0 Å². The Kier molecular flexibility index (Phi) is 2.42. The maximum Gasteiger partial charge on any atom is 0.409 e. The average Bonchev–Trinajstić information content (AvgIpc) is 1.97. The number of nitrogens with zero attached hydrogens (tertiary/aromatic N) is 1. The van der Waals surface area contributed by atoms with Gasteiger partial charge in [0.05, 0.1) is 19.1 Å². The third-order valence-corrected chi connectivity index (χ3v) is 1.95. The zero-order chi connectivity index (χ0) is 10.1. The lowest BCUT2D eigenvalue weighted by Crippen LogP contribution is -2.69. The van der Waals surface area contributed by atoms with Gasteiger partial charge >= 0.3 is 12.1 Å². The molecule has 0 bridgehead atoms. The number of aliphatic carboxylic acids is 1. The van der Waals surface area contributed by atoms with E-state index in [1.807, 2.05) is 0 Å². The number of carboxylic acid groups (broad SMARTS) is 1. The first-order valence-electron chi connectivity index (χ1n) is 3.80. The molecule has 0 saturated carbocycles. The molecule has 0 atom stereocenters. The summed E-state index contributed by atoms with van der Waals surface area (Å²) in [5.74, 6) is -0.952. The molecule has 0 aliphatic carbocycles. The van der Waals surface area contributed by atoms with E-state index < -0.39 is 17.6 Å². The van der Waals surface area contributed by atoms with Crippen molar-refractivity contribution >= 4 is 12.1 Å². The number of hydrogen-bond donors (Lipinski definition) is 2.